The Morgan fingerprint density at radius 3 is 2.55 bits per heavy atom. The smallest absolute Gasteiger partial charge is 0.394 e. The molecule has 0 aliphatic carbocycles. The lowest BCUT2D eigenvalue weighted by atomic mass is 10.1. The van der Waals surface area contributed by atoms with Crippen molar-refractivity contribution in [1.82, 2.24) is 0 Å². The predicted molar refractivity (Wildman–Crippen MR) is 67.5 cm³/mol. The van der Waals surface area contributed by atoms with E-state index >= 15 is 0 Å². The summed E-state index contributed by atoms with van der Waals surface area (Å²) in [6.45, 7) is 1.65. The molecule has 5 nitrogen and oxygen atoms in total. The topological polar surface area (TPSA) is 75.4 Å². The second-order valence-corrected chi connectivity index (χ2v) is 4.30. The normalized spacial score (nSPS) is 13.1. The third-order valence-electron chi connectivity index (χ3n) is 2.73. The van der Waals surface area contributed by atoms with Crippen LogP contribution >= 0.6 is 0 Å². The number of aliphatic hydroxyl groups is 1. The number of halogens is 3. The highest BCUT2D eigenvalue weighted by Crippen LogP contribution is 2.37. The van der Waals surface area contributed by atoms with E-state index in [1.54, 1.807) is 0 Å². The zero-order valence-electron chi connectivity index (χ0n) is 10.8. The summed E-state index contributed by atoms with van der Waals surface area (Å²) in [6.07, 6.45) is -3.48. The van der Waals surface area contributed by atoms with Crippen LogP contribution in [0.15, 0.2) is 18.2 Å². The maximum Gasteiger partial charge on any atom is 0.423 e. The minimum atomic E-state index is -4.81. The Morgan fingerprint density at radius 1 is 1.45 bits per heavy atom. The van der Waals surface area contributed by atoms with Crippen LogP contribution in [0.1, 0.15) is 25.3 Å². The molecule has 8 heteroatoms. The van der Waals surface area contributed by atoms with Crippen molar-refractivity contribution in [3.63, 3.8) is 0 Å². The van der Waals surface area contributed by atoms with E-state index in [4.69, 9.17) is 5.11 Å². The minimum absolute atomic E-state index is 0.0930. The Morgan fingerprint density at radius 2 is 2.10 bits per heavy atom. The first-order chi connectivity index (χ1) is 9.29. The van der Waals surface area contributed by atoms with E-state index in [2.05, 4.69) is 5.32 Å². The summed E-state index contributed by atoms with van der Waals surface area (Å²) in [5, 5.41) is 22.4. The molecule has 0 fully saturated rings. The lowest BCUT2D eigenvalue weighted by Gasteiger charge is -2.18. The molecule has 20 heavy (non-hydrogen) atoms. The van der Waals surface area contributed by atoms with Crippen LogP contribution in [0.25, 0.3) is 0 Å². The van der Waals surface area contributed by atoms with Crippen LogP contribution < -0.4 is 5.32 Å². The fraction of sp³-hybridized carbons (Fsp3) is 0.500. The molecule has 1 atom stereocenters. The van der Waals surface area contributed by atoms with Crippen LogP contribution in [-0.2, 0) is 6.18 Å². The van der Waals surface area contributed by atoms with Gasteiger partial charge < -0.3 is 10.4 Å². The van der Waals surface area contributed by atoms with Gasteiger partial charge in [-0.15, -0.1) is 0 Å². The van der Waals surface area contributed by atoms with Crippen molar-refractivity contribution in [3.8, 4) is 0 Å². The number of alkyl halides is 3. The van der Waals surface area contributed by atoms with Crippen LogP contribution in [0.4, 0.5) is 24.5 Å². The Balaban J connectivity index is 3.10. The van der Waals surface area contributed by atoms with Crippen LogP contribution in [0.3, 0.4) is 0 Å². The standard InChI is InChI=1S/C12H15F3N2O3/c1-2-3-9(7-18)16-8-4-5-11(17(19)20)10(6-8)12(13,14)15/h4-6,9,16,18H,2-3,7H2,1H3/t9-/m0/s1. The van der Waals surface area contributed by atoms with Gasteiger partial charge in [-0.25, -0.2) is 0 Å². The van der Waals surface area contributed by atoms with Crippen LogP contribution in [0.2, 0.25) is 0 Å². The van der Waals surface area contributed by atoms with E-state index in [9.17, 15) is 23.3 Å². The first-order valence-electron chi connectivity index (χ1n) is 6.02. The quantitative estimate of drug-likeness (QED) is 0.623. The van der Waals surface area contributed by atoms with Gasteiger partial charge in [-0.1, -0.05) is 13.3 Å². The molecule has 0 spiro atoms. The third kappa shape index (κ3) is 4.09. The molecule has 0 amide bonds. The van der Waals surface area contributed by atoms with Gasteiger partial charge in [-0.2, -0.15) is 13.2 Å². The molecular formula is C12H15F3N2O3. The average Bonchev–Trinajstić information content (AvgIpc) is 2.36. The van der Waals surface area contributed by atoms with Gasteiger partial charge in [0.15, 0.2) is 0 Å². The van der Waals surface area contributed by atoms with E-state index in [1.807, 2.05) is 6.92 Å². The van der Waals surface area contributed by atoms with E-state index < -0.39 is 22.4 Å². The summed E-state index contributed by atoms with van der Waals surface area (Å²) in [6, 6.07) is 2.32. The van der Waals surface area contributed by atoms with Crippen molar-refractivity contribution >= 4 is 11.4 Å². The van der Waals surface area contributed by atoms with E-state index in [1.165, 1.54) is 6.07 Å². The number of anilines is 1. The van der Waals surface area contributed by atoms with Crippen molar-refractivity contribution in [3.05, 3.63) is 33.9 Å². The van der Waals surface area contributed by atoms with Gasteiger partial charge in [0.2, 0.25) is 0 Å². The van der Waals surface area contributed by atoms with Gasteiger partial charge in [0.25, 0.3) is 5.69 Å². The van der Waals surface area contributed by atoms with Crippen molar-refractivity contribution < 1.29 is 23.2 Å². The molecule has 1 rings (SSSR count). The molecule has 112 valence electrons. The molecule has 0 saturated carbocycles. The number of nitrogens with zero attached hydrogens (tertiary/aromatic N) is 1. The number of rotatable bonds is 6. The highest BCUT2D eigenvalue weighted by Gasteiger charge is 2.38. The number of aliphatic hydroxyl groups excluding tert-OH is 1. The first kappa shape index (κ1) is 16.2. The Kier molecular flexibility index (Phi) is 5.32. The molecular weight excluding hydrogens is 277 g/mol. The average molecular weight is 292 g/mol. The number of hydrogen-bond donors (Lipinski definition) is 2. The second-order valence-electron chi connectivity index (χ2n) is 4.30. The third-order valence-corrected chi connectivity index (χ3v) is 2.73. The summed E-state index contributed by atoms with van der Waals surface area (Å²) in [5.41, 5.74) is -2.20. The monoisotopic (exact) mass is 292 g/mol. The van der Waals surface area contributed by atoms with Crippen LogP contribution in [-0.4, -0.2) is 22.7 Å². The molecule has 1 aromatic rings. The molecule has 1 aromatic carbocycles. The van der Waals surface area contributed by atoms with Crippen LogP contribution in [0, 0.1) is 10.1 Å². The molecule has 2 N–H and O–H groups in total. The van der Waals surface area contributed by atoms with Crippen molar-refractivity contribution in [2.45, 2.75) is 32.0 Å². The van der Waals surface area contributed by atoms with Gasteiger partial charge in [0.05, 0.1) is 11.5 Å². The minimum Gasteiger partial charge on any atom is -0.394 e. The summed E-state index contributed by atoms with van der Waals surface area (Å²) in [5.74, 6) is 0. The fourth-order valence-electron chi connectivity index (χ4n) is 1.81. The molecule has 0 unspecified atom stereocenters. The Labute approximate surface area is 113 Å². The van der Waals surface area contributed by atoms with E-state index in [0.29, 0.717) is 12.5 Å². The number of nitrogens with one attached hydrogen (secondary N) is 1. The van der Waals surface area contributed by atoms with E-state index in [-0.39, 0.29) is 18.3 Å². The molecule has 0 bridgehead atoms. The van der Waals surface area contributed by atoms with Crippen molar-refractivity contribution in [2.24, 2.45) is 0 Å². The number of nitro groups is 1. The molecule has 0 heterocycles. The van der Waals surface area contributed by atoms with Crippen molar-refractivity contribution in [2.75, 3.05) is 11.9 Å². The summed E-state index contributed by atoms with van der Waals surface area (Å²) in [7, 11) is 0. The Hall–Kier alpha value is -1.83. The second kappa shape index (κ2) is 6.56. The Bertz CT molecular complexity index is 478. The zero-order chi connectivity index (χ0) is 15.3. The van der Waals surface area contributed by atoms with Gasteiger partial charge in [-0.05, 0) is 18.6 Å². The lowest BCUT2D eigenvalue weighted by Crippen LogP contribution is -2.23. The van der Waals surface area contributed by atoms with Gasteiger partial charge in [0.1, 0.15) is 5.56 Å². The first-order valence-corrected chi connectivity index (χ1v) is 6.02. The van der Waals surface area contributed by atoms with Gasteiger partial charge in [0, 0.05) is 17.8 Å². The summed E-state index contributed by atoms with van der Waals surface area (Å²) >= 11 is 0. The molecule has 0 radical (unpaired) electrons. The number of hydrogen-bond acceptors (Lipinski definition) is 4. The maximum atomic E-state index is 12.8. The summed E-state index contributed by atoms with van der Waals surface area (Å²) in [4.78, 5) is 9.54. The highest BCUT2D eigenvalue weighted by molar-refractivity contribution is 5.55. The van der Waals surface area contributed by atoms with E-state index in [0.717, 1.165) is 12.5 Å². The molecule has 0 saturated heterocycles. The maximum absolute atomic E-state index is 12.8. The SMILES string of the molecule is CCC[C@@H](CO)Nc1ccc([N+](=O)[O-])c(C(F)(F)F)c1. The molecule has 0 aliphatic heterocycles. The lowest BCUT2D eigenvalue weighted by molar-refractivity contribution is -0.388. The summed E-state index contributed by atoms with van der Waals surface area (Å²) < 4.78 is 38.3. The number of nitro benzene ring substituents is 1. The fourth-order valence-corrected chi connectivity index (χ4v) is 1.81. The number of benzene rings is 1. The van der Waals surface area contributed by atoms with Gasteiger partial charge >= 0.3 is 6.18 Å². The van der Waals surface area contributed by atoms with Gasteiger partial charge in [-0.3, -0.25) is 10.1 Å². The highest BCUT2D eigenvalue weighted by atomic mass is 19.4. The molecule has 0 aromatic heterocycles. The zero-order valence-corrected chi connectivity index (χ0v) is 10.8. The van der Waals surface area contributed by atoms with Crippen molar-refractivity contribution in [1.29, 1.82) is 0 Å². The van der Waals surface area contributed by atoms with Crippen LogP contribution in [0.5, 0.6) is 0 Å². The predicted octanol–water partition coefficient (Wildman–Crippen LogP) is 3.19. The largest absolute Gasteiger partial charge is 0.423 e. The molecule has 0 aliphatic rings.